The van der Waals surface area contributed by atoms with E-state index < -0.39 is 0 Å². The predicted molar refractivity (Wildman–Crippen MR) is 219 cm³/mol. The van der Waals surface area contributed by atoms with Gasteiger partial charge in [-0.2, -0.15) is 0 Å². The van der Waals surface area contributed by atoms with E-state index in [1.54, 1.807) is 22.3 Å². The van der Waals surface area contributed by atoms with E-state index in [-0.39, 0.29) is 10.8 Å². The van der Waals surface area contributed by atoms with E-state index in [2.05, 4.69) is 144 Å². The highest BCUT2D eigenvalue weighted by atomic mass is 15.1. The van der Waals surface area contributed by atoms with Crippen molar-refractivity contribution in [1.82, 2.24) is 0 Å². The molecule has 1 heteroatoms. The second-order valence-electron chi connectivity index (χ2n) is 17.6. The summed E-state index contributed by atoms with van der Waals surface area (Å²) in [5.74, 6) is 3.36. The SMILES string of the molecule is c1ccc(-c2ccc(N(c3ccc4c(c3)-c3ccccc3C43CCCCC3)c3cccc4c3-c3ccccc3C43C4CC5CC(C4)CC3C5)cc2)cc1. The van der Waals surface area contributed by atoms with Crippen LogP contribution in [-0.4, -0.2) is 0 Å². The maximum absolute atomic E-state index is 2.62. The second kappa shape index (κ2) is 11.3. The third kappa shape index (κ3) is 4.15. The van der Waals surface area contributed by atoms with Crippen LogP contribution in [0.15, 0.2) is 140 Å². The monoisotopic (exact) mass is 685 g/mol. The zero-order valence-electron chi connectivity index (χ0n) is 30.6. The highest BCUT2D eigenvalue weighted by Crippen LogP contribution is 2.70. The summed E-state index contributed by atoms with van der Waals surface area (Å²) in [5, 5.41) is 0. The lowest BCUT2D eigenvalue weighted by atomic mass is 9.43. The number of hydrogen-bond acceptors (Lipinski definition) is 1. The fraction of sp³-hybridized carbons (Fsp3) is 0.308. The van der Waals surface area contributed by atoms with Gasteiger partial charge in [0.25, 0.3) is 0 Å². The Labute approximate surface area is 314 Å². The Morgan fingerprint density at radius 1 is 0.434 bits per heavy atom. The number of anilines is 3. The molecule has 0 heterocycles. The van der Waals surface area contributed by atoms with Crippen LogP contribution in [0.2, 0.25) is 0 Å². The molecule has 0 N–H and O–H groups in total. The Morgan fingerprint density at radius 2 is 1.04 bits per heavy atom. The number of benzene rings is 6. The summed E-state index contributed by atoms with van der Waals surface area (Å²) < 4.78 is 0. The molecule has 0 aliphatic heterocycles. The van der Waals surface area contributed by atoms with Crippen molar-refractivity contribution in [2.45, 2.75) is 75.0 Å². The Balaban J connectivity index is 1.08. The minimum atomic E-state index is 0.141. The lowest BCUT2D eigenvalue weighted by Crippen LogP contribution is -2.55. The molecule has 5 saturated carbocycles. The quantitative estimate of drug-likeness (QED) is 0.179. The van der Waals surface area contributed by atoms with Crippen LogP contribution in [0.3, 0.4) is 0 Å². The van der Waals surface area contributed by atoms with Gasteiger partial charge in [0, 0.05) is 27.8 Å². The lowest BCUT2D eigenvalue weighted by molar-refractivity contribution is -0.0399. The van der Waals surface area contributed by atoms with E-state index in [0.29, 0.717) is 0 Å². The second-order valence-corrected chi connectivity index (χ2v) is 17.6. The molecule has 260 valence electrons. The highest BCUT2D eigenvalue weighted by Gasteiger charge is 2.62. The largest absolute Gasteiger partial charge is 0.310 e. The molecule has 0 amide bonds. The molecule has 13 rings (SSSR count). The fourth-order valence-corrected chi connectivity index (χ4v) is 13.5. The molecule has 0 radical (unpaired) electrons. The number of nitrogens with zero attached hydrogens (tertiary/aromatic N) is 1. The summed E-state index contributed by atoms with van der Waals surface area (Å²) in [7, 11) is 0. The van der Waals surface area contributed by atoms with Gasteiger partial charge in [-0.05, 0) is 149 Å². The molecular formula is C52H47N. The van der Waals surface area contributed by atoms with Crippen LogP contribution < -0.4 is 4.90 Å². The van der Waals surface area contributed by atoms with Crippen LogP contribution >= 0.6 is 0 Å². The molecule has 6 aromatic rings. The number of rotatable bonds is 4. The minimum Gasteiger partial charge on any atom is -0.310 e. The summed E-state index contributed by atoms with van der Waals surface area (Å²) in [6.07, 6.45) is 13.6. The lowest BCUT2D eigenvalue weighted by Gasteiger charge is -2.61. The van der Waals surface area contributed by atoms with Crippen LogP contribution in [-0.2, 0) is 10.8 Å². The van der Waals surface area contributed by atoms with Gasteiger partial charge in [0.1, 0.15) is 0 Å². The molecule has 6 aromatic carbocycles. The van der Waals surface area contributed by atoms with Gasteiger partial charge in [-0.1, -0.05) is 128 Å². The van der Waals surface area contributed by atoms with Crippen molar-refractivity contribution in [3.8, 4) is 33.4 Å². The van der Waals surface area contributed by atoms with Gasteiger partial charge < -0.3 is 4.90 Å². The molecule has 7 aliphatic rings. The van der Waals surface area contributed by atoms with Crippen molar-refractivity contribution < 1.29 is 0 Å². The van der Waals surface area contributed by atoms with Gasteiger partial charge >= 0.3 is 0 Å². The van der Waals surface area contributed by atoms with Crippen molar-refractivity contribution in [1.29, 1.82) is 0 Å². The van der Waals surface area contributed by atoms with Gasteiger partial charge in [-0.25, -0.2) is 0 Å². The summed E-state index contributed by atoms with van der Waals surface area (Å²) in [5.41, 5.74) is 18.8. The smallest absolute Gasteiger partial charge is 0.0543 e. The first-order valence-electron chi connectivity index (χ1n) is 20.7. The van der Waals surface area contributed by atoms with Gasteiger partial charge in [-0.3, -0.25) is 0 Å². The normalized spacial score (nSPS) is 26.3. The van der Waals surface area contributed by atoms with Crippen LogP contribution in [0.1, 0.15) is 86.5 Å². The van der Waals surface area contributed by atoms with Crippen molar-refractivity contribution in [3.05, 3.63) is 162 Å². The molecule has 7 aliphatic carbocycles. The molecule has 1 nitrogen and oxygen atoms in total. The van der Waals surface area contributed by atoms with Crippen molar-refractivity contribution >= 4 is 17.1 Å². The van der Waals surface area contributed by atoms with E-state index in [9.17, 15) is 0 Å². The molecule has 0 saturated heterocycles. The predicted octanol–water partition coefficient (Wildman–Crippen LogP) is 13.8. The molecule has 2 spiro atoms. The van der Waals surface area contributed by atoms with E-state index in [1.165, 1.54) is 115 Å². The molecular weight excluding hydrogens is 639 g/mol. The van der Waals surface area contributed by atoms with E-state index in [0.717, 1.165) is 23.7 Å². The van der Waals surface area contributed by atoms with Gasteiger partial charge in [0.05, 0.1) is 5.69 Å². The highest BCUT2D eigenvalue weighted by molar-refractivity contribution is 5.96. The first-order valence-corrected chi connectivity index (χ1v) is 20.7. The first-order chi connectivity index (χ1) is 26.2. The van der Waals surface area contributed by atoms with Gasteiger partial charge in [0.15, 0.2) is 0 Å². The molecule has 0 atom stereocenters. The molecule has 53 heavy (non-hydrogen) atoms. The van der Waals surface area contributed by atoms with Gasteiger partial charge in [0.2, 0.25) is 0 Å². The summed E-state index contributed by atoms with van der Waals surface area (Å²) >= 11 is 0. The van der Waals surface area contributed by atoms with Crippen molar-refractivity contribution in [3.63, 3.8) is 0 Å². The Morgan fingerprint density at radius 3 is 1.79 bits per heavy atom. The average Bonchev–Trinajstić information content (AvgIpc) is 3.65. The standard InChI is InChI=1S/C52H47N/c1-3-12-36(13-4-1)37-20-22-40(23-21-37)53(41-24-25-46-44(33-41)42-14-5-7-16-45(42)51(46)26-9-2-10-27-51)49-19-11-18-48-50(49)43-15-6-8-17-47(43)52(48)38-29-34-28-35(31-38)32-39(52)30-34/h1,3-8,11-25,33-35,38-39H,2,9-10,26-32H2. The number of fused-ring (bicyclic) bond motifs is 8. The average molecular weight is 686 g/mol. The minimum absolute atomic E-state index is 0.141. The zero-order chi connectivity index (χ0) is 34.7. The van der Waals surface area contributed by atoms with Crippen molar-refractivity contribution in [2.24, 2.45) is 23.7 Å². The van der Waals surface area contributed by atoms with E-state index in [1.807, 2.05) is 0 Å². The first kappa shape index (κ1) is 30.6. The van der Waals surface area contributed by atoms with E-state index >= 15 is 0 Å². The molecule has 4 bridgehead atoms. The molecule has 0 unspecified atom stereocenters. The Bertz CT molecular complexity index is 2370. The zero-order valence-corrected chi connectivity index (χ0v) is 30.6. The van der Waals surface area contributed by atoms with Crippen LogP contribution in [0.25, 0.3) is 33.4 Å². The summed E-state index contributed by atoms with van der Waals surface area (Å²) in [6.45, 7) is 0. The topological polar surface area (TPSA) is 3.24 Å². The maximum atomic E-state index is 2.62. The summed E-state index contributed by atoms with van der Waals surface area (Å²) in [4.78, 5) is 2.62. The molecule has 0 aromatic heterocycles. The summed E-state index contributed by atoms with van der Waals surface area (Å²) in [6, 6.07) is 54.1. The van der Waals surface area contributed by atoms with Crippen molar-refractivity contribution in [2.75, 3.05) is 4.90 Å². The third-order valence-corrected chi connectivity index (χ3v) is 15.2. The third-order valence-electron chi connectivity index (χ3n) is 15.2. The maximum Gasteiger partial charge on any atom is 0.0543 e. The van der Waals surface area contributed by atoms with Gasteiger partial charge in [-0.15, -0.1) is 0 Å². The number of hydrogen-bond donors (Lipinski definition) is 0. The van der Waals surface area contributed by atoms with E-state index in [4.69, 9.17) is 0 Å². The van der Waals surface area contributed by atoms with Crippen LogP contribution in [0, 0.1) is 23.7 Å². The Hall–Kier alpha value is -4.88. The van der Waals surface area contributed by atoms with Crippen LogP contribution in [0.4, 0.5) is 17.1 Å². The Kier molecular flexibility index (Phi) is 6.53. The molecule has 5 fully saturated rings. The fourth-order valence-electron chi connectivity index (χ4n) is 13.5. The van der Waals surface area contributed by atoms with Crippen LogP contribution in [0.5, 0.6) is 0 Å².